The number of nitriles is 1. The van der Waals surface area contributed by atoms with Crippen LogP contribution in [0, 0.1) is 21.6 Å². The highest BCUT2D eigenvalue weighted by molar-refractivity contribution is 7.99. The molecule has 1 aromatic rings. The van der Waals surface area contributed by atoms with Crippen molar-refractivity contribution in [1.29, 1.82) is 5.26 Å². The number of nitro groups is 1. The van der Waals surface area contributed by atoms with Crippen LogP contribution in [0.5, 0.6) is 0 Å². The van der Waals surface area contributed by atoms with E-state index < -0.39 is 27.2 Å². The lowest BCUT2D eigenvalue weighted by Crippen LogP contribution is -2.38. The normalized spacial score (nSPS) is 17.9. The Morgan fingerprint density at radius 2 is 2.03 bits per heavy atom. The van der Waals surface area contributed by atoms with Gasteiger partial charge in [-0.1, -0.05) is 0 Å². The van der Waals surface area contributed by atoms with E-state index in [0.717, 1.165) is 11.2 Å². The van der Waals surface area contributed by atoms with Crippen molar-refractivity contribution in [1.82, 2.24) is 9.80 Å². The molecule has 14 heteroatoms. The van der Waals surface area contributed by atoms with Crippen LogP contribution in [0.4, 0.5) is 10.5 Å². The Labute approximate surface area is 195 Å². The molecule has 1 aromatic carbocycles. The van der Waals surface area contributed by atoms with Crippen molar-refractivity contribution in [3.05, 3.63) is 39.9 Å². The van der Waals surface area contributed by atoms with Gasteiger partial charge in [-0.3, -0.25) is 24.0 Å². The van der Waals surface area contributed by atoms with Crippen molar-refractivity contribution in [3.63, 3.8) is 0 Å². The first-order valence-electron chi connectivity index (χ1n) is 9.79. The molecule has 33 heavy (non-hydrogen) atoms. The van der Waals surface area contributed by atoms with Gasteiger partial charge in [-0.25, -0.2) is 4.79 Å². The summed E-state index contributed by atoms with van der Waals surface area (Å²) < 4.78 is 33.4. The van der Waals surface area contributed by atoms with E-state index in [4.69, 9.17) is 14.2 Å². The summed E-state index contributed by atoms with van der Waals surface area (Å²) in [5.74, 6) is 0.513. The highest BCUT2D eigenvalue weighted by Crippen LogP contribution is 2.26. The molecule has 2 unspecified atom stereocenters. The van der Waals surface area contributed by atoms with Gasteiger partial charge in [0.25, 0.3) is 15.8 Å². The third kappa shape index (κ3) is 8.52. The van der Waals surface area contributed by atoms with Gasteiger partial charge in [-0.05, 0) is 24.1 Å². The number of hydrogen-bond acceptors (Lipinski definition) is 10. The van der Waals surface area contributed by atoms with Crippen LogP contribution in [-0.2, 0) is 30.4 Å². The number of nitrogens with zero attached hydrogens (tertiary/aromatic N) is 4. The Hall–Kier alpha value is -2.89. The topological polar surface area (TPSA) is 160 Å². The molecule has 0 aromatic heterocycles. The minimum atomic E-state index is -3.72. The molecule has 180 valence electrons. The molecule has 12 nitrogen and oxygen atoms in total. The number of non-ortho nitro benzene ring substituents is 1. The number of rotatable bonds is 10. The molecule has 0 N–H and O–H groups in total. The zero-order valence-corrected chi connectivity index (χ0v) is 19.7. The molecule has 1 aliphatic heterocycles. The molecule has 2 rings (SSSR count). The van der Waals surface area contributed by atoms with Gasteiger partial charge in [-0.2, -0.15) is 25.4 Å². The van der Waals surface area contributed by atoms with Gasteiger partial charge < -0.3 is 9.64 Å². The van der Waals surface area contributed by atoms with Crippen molar-refractivity contribution < 1.29 is 31.9 Å². The zero-order valence-electron chi connectivity index (χ0n) is 18.1. The number of ether oxygens (including phenoxy) is 1. The second kappa shape index (κ2) is 11.8. The minimum Gasteiger partial charge on any atom is -0.445 e. The van der Waals surface area contributed by atoms with Crippen molar-refractivity contribution in [2.75, 3.05) is 31.4 Å². The lowest BCUT2D eigenvalue weighted by molar-refractivity contribution is -0.384. The van der Waals surface area contributed by atoms with Gasteiger partial charge >= 0.3 is 6.09 Å². The highest BCUT2D eigenvalue weighted by Gasteiger charge is 2.38. The van der Waals surface area contributed by atoms with Crippen LogP contribution in [0.1, 0.15) is 18.4 Å². The summed E-state index contributed by atoms with van der Waals surface area (Å²) in [6.07, 6.45) is 1.70. The third-order valence-electron chi connectivity index (χ3n) is 4.73. The predicted molar refractivity (Wildman–Crippen MR) is 118 cm³/mol. The Morgan fingerprint density at radius 3 is 2.61 bits per heavy atom. The quantitative estimate of drug-likeness (QED) is 0.115. The smallest absolute Gasteiger partial charge is 0.410 e. The average molecular weight is 501 g/mol. The first-order valence-corrected chi connectivity index (χ1v) is 12.8. The van der Waals surface area contributed by atoms with Gasteiger partial charge in [0, 0.05) is 43.1 Å². The molecule has 0 radical (unpaired) electrons. The monoisotopic (exact) mass is 500 g/mol. The molecule has 1 saturated heterocycles. The second-order valence-corrected chi connectivity index (χ2v) is 10.1. The van der Waals surface area contributed by atoms with E-state index in [9.17, 15) is 28.1 Å². The Balaban J connectivity index is 1.95. The van der Waals surface area contributed by atoms with Crippen LogP contribution in [0.15, 0.2) is 24.3 Å². The molecule has 0 bridgehead atoms. The fraction of sp³-hybridized carbons (Fsp3) is 0.526. The summed E-state index contributed by atoms with van der Waals surface area (Å²) in [4.78, 5) is 36.9. The third-order valence-corrected chi connectivity index (χ3v) is 6.46. The second-order valence-electron chi connectivity index (χ2n) is 7.32. The largest absolute Gasteiger partial charge is 0.445 e. The van der Waals surface area contributed by atoms with Crippen LogP contribution < -0.4 is 0 Å². The standard InChI is InChI=1S/C19H24N4O8S2/c1-21(13-20)18(24)7-8-32-12-16-9-17(31-33(2,28)29)10-22(16)19(25)30-11-14-3-5-15(6-4-14)23(26)27/h3-6,16-17H,7-12H2,1-2H3. The number of nitro benzene ring substituents is 1. The summed E-state index contributed by atoms with van der Waals surface area (Å²) in [5, 5.41) is 19.5. The van der Waals surface area contributed by atoms with E-state index in [1.807, 2.05) is 0 Å². The predicted octanol–water partition coefficient (Wildman–Crippen LogP) is 1.71. The van der Waals surface area contributed by atoms with E-state index >= 15 is 0 Å². The molecule has 2 atom stereocenters. The SMILES string of the molecule is CN(C#N)C(=O)CCSCC1CC(OS(C)(=O)=O)CN1C(=O)OCc1ccc([N+](=O)[O-])cc1. The summed E-state index contributed by atoms with van der Waals surface area (Å²) >= 11 is 1.39. The number of carbonyl (C=O) groups is 2. The number of thioether (sulfide) groups is 1. The Morgan fingerprint density at radius 1 is 1.36 bits per heavy atom. The minimum absolute atomic E-state index is 0.0213. The fourth-order valence-corrected chi connectivity index (χ4v) is 4.82. The maximum absolute atomic E-state index is 12.7. The lowest BCUT2D eigenvalue weighted by Gasteiger charge is -2.23. The first-order chi connectivity index (χ1) is 15.5. The molecule has 1 aliphatic rings. The number of hydrogen-bond donors (Lipinski definition) is 0. The molecule has 2 amide bonds. The Kier molecular flexibility index (Phi) is 9.44. The molecular weight excluding hydrogens is 476 g/mol. The lowest BCUT2D eigenvalue weighted by atomic mass is 10.2. The Bertz CT molecular complexity index is 1010. The van der Waals surface area contributed by atoms with Gasteiger partial charge in [-0.15, -0.1) is 0 Å². The summed E-state index contributed by atoms with van der Waals surface area (Å²) in [7, 11) is -2.34. The van der Waals surface area contributed by atoms with E-state index in [1.165, 1.54) is 48.0 Å². The van der Waals surface area contributed by atoms with Gasteiger partial charge in [0.15, 0.2) is 6.19 Å². The molecule has 0 aliphatic carbocycles. The maximum Gasteiger partial charge on any atom is 0.410 e. The van der Waals surface area contributed by atoms with Crippen molar-refractivity contribution in [2.24, 2.45) is 0 Å². The molecule has 0 spiro atoms. The summed E-state index contributed by atoms with van der Waals surface area (Å²) in [6.45, 7) is -0.0900. The van der Waals surface area contributed by atoms with Crippen LogP contribution >= 0.6 is 11.8 Å². The van der Waals surface area contributed by atoms with E-state index in [-0.39, 0.29) is 43.6 Å². The van der Waals surface area contributed by atoms with Crippen molar-refractivity contribution in [2.45, 2.75) is 31.6 Å². The van der Waals surface area contributed by atoms with Crippen LogP contribution in [0.3, 0.4) is 0 Å². The number of likely N-dealkylation sites (tertiary alicyclic amines) is 1. The van der Waals surface area contributed by atoms with Gasteiger partial charge in [0.05, 0.1) is 23.8 Å². The fourth-order valence-electron chi connectivity index (χ4n) is 3.12. The number of carbonyl (C=O) groups excluding carboxylic acids is 2. The zero-order chi connectivity index (χ0) is 24.6. The van der Waals surface area contributed by atoms with Gasteiger partial charge in [0.2, 0.25) is 5.91 Å². The number of amides is 2. The first kappa shape index (κ1) is 26.4. The number of benzene rings is 1. The van der Waals surface area contributed by atoms with Crippen LogP contribution in [0.2, 0.25) is 0 Å². The van der Waals surface area contributed by atoms with E-state index in [1.54, 1.807) is 6.19 Å². The molecule has 1 heterocycles. The van der Waals surface area contributed by atoms with Crippen LogP contribution in [0.25, 0.3) is 0 Å². The highest BCUT2D eigenvalue weighted by atomic mass is 32.2. The molecule has 1 fully saturated rings. The molecular formula is C19H24N4O8S2. The van der Waals surface area contributed by atoms with Gasteiger partial charge in [0.1, 0.15) is 6.61 Å². The van der Waals surface area contributed by atoms with E-state index in [2.05, 4.69) is 0 Å². The van der Waals surface area contributed by atoms with Crippen LogP contribution in [-0.4, -0.2) is 78.6 Å². The average Bonchev–Trinajstić information content (AvgIpc) is 3.15. The van der Waals surface area contributed by atoms with Crippen molar-refractivity contribution in [3.8, 4) is 6.19 Å². The van der Waals surface area contributed by atoms with Crippen molar-refractivity contribution >= 4 is 39.6 Å². The summed E-state index contributed by atoms with van der Waals surface area (Å²) in [5.41, 5.74) is 0.477. The summed E-state index contributed by atoms with van der Waals surface area (Å²) in [6, 6.07) is 5.19. The van der Waals surface area contributed by atoms with E-state index in [0.29, 0.717) is 17.1 Å². The molecule has 0 saturated carbocycles. The maximum atomic E-state index is 12.7.